The van der Waals surface area contributed by atoms with Crippen molar-refractivity contribution in [3.05, 3.63) is 60.2 Å². The van der Waals surface area contributed by atoms with Gasteiger partial charge in [0.05, 0.1) is 5.60 Å². The Hall–Kier alpha value is -1.93. The van der Waals surface area contributed by atoms with Crippen LogP contribution in [-0.2, 0) is 0 Å². The smallest absolute Gasteiger partial charge is 0.166 e. The maximum absolute atomic E-state index is 13.8. The summed E-state index contributed by atoms with van der Waals surface area (Å²) >= 11 is 0. The van der Waals surface area contributed by atoms with Crippen LogP contribution in [-0.4, -0.2) is 16.5 Å². The molecule has 0 aliphatic heterocycles. The lowest BCUT2D eigenvalue weighted by atomic mass is 9.49. The minimum atomic E-state index is -0.280. The second kappa shape index (κ2) is 7.53. The normalized spacial score (nSPS) is 44.4. The van der Waals surface area contributed by atoms with Gasteiger partial charge in [0.25, 0.3) is 0 Å². The number of aliphatic hydroxyl groups is 1. The molecule has 5 saturated carbocycles. The van der Waals surface area contributed by atoms with Gasteiger partial charge in [0.1, 0.15) is 0 Å². The van der Waals surface area contributed by atoms with Crippen LogP contribution in [0.1, 0.15) is 75.1 Å². The summed E-state index contributed by atoms with van der Waals surface area (Å²) in [5.74, 6) is 5.17. The van der Waals surface area contributed by atoms with E-state index in [1.807, 2.05) is 6.07 Å². The van der Waals surface area contributed by atoms with Crippen LogP contribution in [0.25, 0.3) is 11.1 Å². The van der Waals surface area contributed by atoms with E-state index < -0.39 is 0 Å². The summed E-state index contributed by atoms with van der Waals surface area (Å²) in [6.07, 6.45) is 10.9. The maximum atomic E-state index is 13.8. The number of carbonyl (C=O) groups excluding carboxylic acids is 1. The molecule has 34 heavy (non-hydrogen) atoms. The first-order valence-corrected chi connectivity index (χ1v) is 13.9. The molecule has 1 N–H and O–H groups in total. The molecule has 2 aromatic carbocycles. The Kier molecular flexibility index (Phi) is 4.73. The fourth-order valence-electron chi connectivity index (χ4n) is 9.77. The molecule has 5 fully saturated rings. The molecular formula is C32H38O2. The molecule has 2 aromatic rings. The molecule has 0 saturated heterocycles. The summed E-state index contributed by atoms with van der Waals surface area (Å²) in [4.78, 5) is 13.8. The van der Waals surface area contributed by atoms with Crippen LogP contribution in [0.4, 0.5) is 0 Å². The van der Waals surface area contributed by atoms with Gasteiger partial charge in [-0.05, 0) is 110 Å². The lowest BCUT2D eigenvalue weighted by Crippen LogP contribution is -2.50. The summed E-state index contributed by atoms with van der Waals surface area (Å²) < 4.78 is 0. The minimum absolute atomic E-state index is 0.165. The van der Waals surface area contributed by atoms with Gasteiger partial charge in [0.2, 0.25) is 0 Å². The Morgan fingerprint density at radius 3 is 2.12 bits per heavy atom. The molecule has 5 aliphatic rings. The topological polar surface area (TPSA) is 37.3 Å². The maximum Gasteiger partial charge on any atom is 0.166 e. The lowest BCUT2D eigenvalue weighted by Gasteiger charge is -2.56. The molecule has 178 valence electrons. The average molecular weight is 455 g/mol. The molecule has 0 spiro atoms. The molecule has 9 atom stereocenters. The van der Waals surface area contributed by atoms with Gasteiger partial charge in [-0.15, -0.1) is 0 Å². The van der Waals surface area contributed by atoms with Gasteiger partial charge in [0, 0.05) is 11.5 Å². The van der Waals surface area contributed by atoms with Crippen molar-refractivity contribution in [1.29, 1.82) is 0 Å². The number of Topliss-reactive ketones (excluding diaryl/α,β-unsaturated/α-hetero) is 1. The van der Waals surface area contributed by atoms with Gasteiger partial charge in [-0.3, -0.25) is 4.79 Å². The first kappa shape index (κ1) is 21.4. The second-order valence-electron chi connectivity index (χ2n) is 12.8. The number of rotatable bonds is 3. The van der Waals surface area contributed by atoms with Crippen molar-refractivity contribution >= 4 is 5.78 Å². The molecule has 0 aromatic heterocycles. The summed E-state index contributed by atoms with van der Waals surface area (Å²) in [7, 11) is 0. The predicted molar refractivity (Wildman–Crippen MR) is 135 cm³/mol. The van der Waals surface area contributed by atoms with Gasteiger partial charge in [0.15, 0.2) is 5.78 Å². The van der Waals surface area contributed by atoms with E-state index >= 15 is 0 Å². The van der Waals surface area contributed by atoms with E-state index in [9.17, 15) is 9.90 Å². The molecule has 0 amide bonds. The summed E-state index contributed by atoms with van der Waals surface area (Å²) in [5, 5.41) is 10.7. The quantitative estimate of drug-likeness (QED) is 0.499. The highest BCUT2D eigenvalue weighted by molar-refractivity contribution is 5.99. The van der Waals surface area contributed by atoms with E-state index in [2.05, 4.69) is 55.5 Å². The largest absolute Gasteiger partial charge is 0.390 e. The van der Waals surface area contributed by atoms with Crippen LogP contribution in [0, 0.1) is 46.8 Å². The molecule has 0 bridgehead atoms. The van der Waals surface area contributed by atoms with Crippen molar-refractivity contribution in [2.45, 2.75) is 70.3 Å². The predicted octanol–water partition coefficient (Wildman–Crippen LogP) is 7.17. The average Bonchev–Trinajstić information content (AvgIpc) is 3.45. The van der Waals surface area contributed by atoms with Crippen molar-refractivity contribution in [3.63, 3.8) is 0 Å². The standard InChI is InChI=1S/C32H38O2/c1-31-17-15-23-24-16-18-32(34)19-29(32)26(24)12-11-25(23)27(31)13-14-28(31)30(33)22-9-7-21(8-10-22)20-5-3-2-4-6-20/h2-10,23-29,34H,11-19H2,1H3/t23-,24-,25-,26+,27+,28-,29?,31+,32+/m1/s1. The third kappa shape index (κ3) is 3.06. The van der Waals surface area contributed by atoms with Crippen molar-refractivity contribution < 1.29 is 9.90 Å². The van der Waals surface area contributed by atoms with E-state index in [0.717, 1.165) is 48.5 Å². The van der Waals surface area contributed by atoms with Gasteiger partial charge in [-0.25, -0.2) is 0 Å². The van der Waals surface area contributed by atoms with Crippen molar-refractivity contribution in [2.75, 3.05) is 0 Å². The zero-order chi connectivity index (χ0) is 23.1. The van der Waals surface area contributed by atoms with E-state index in [4.69, 9.17) is 0 Å². The fourth-order valence-corrected chi connectivity index (χ4v) is 9.77. The number of fused-ring (bicyclic) bond motifs is 7. The molecule has 0 radical (unpaired) electrons. The van der Waals surface area contributed by atoms with Gasteiger partial charge >= 0.3 is 0 Å². The van der Waals surface area contributed by atoms with Crippen LogP contribution in [0.2, 0.25) is 0 Å². The van der Waals surface area contributed by atoms with Gasteiger partial charge in [-0.1, -0.05) is 61.5 Å². The van der Waals surface area contributed by atoms with Crippen molar-refractivity contribution in [2.24, 2.45) is 46.8 Å². The number of benzene rings is 2. The molecule has 1 unspecified atom stereocenters. The zero-order valence-corrected chi connectivity index (χ0v) is 20.5. The highest BCUT2D eigenvalue weighted by Crippen LogP contribution is 2.68. The molecule has 0 heterocycles. The molecule has 2 heteroatoms. The monoisotopic (exact) mass is 454 g/mol. The van der Waals surface area contributed by atoms with Crippen LogP contribution in [0.5, 0.6) is 0 Å². The highest BCUT2D eigenvalue weighted by Gasteiger charge is 2.65. The molecular weight excluding hydrogens is 416 g/mol. The zero-order valence-electron chi connectivity index (χ0n) is 20.5. The number of carbonyl (C=O) groups is 1. The third-order valence-electron chi connectivity index (χ3n) is 11.5. The van der Waals surface area contributed by atoms with Gasteiger partial charge < -0.3 is 5.11 Å². The van der Waals surface area contributed by atoms with Crippen LogP contribution >= 0.6 is 0 Å². The number of hydrogen-bond donors (Lipinski definition) is 1. The van der Waals surface area contributed by atoms with E-state index in [1.165, 1.54) is 49.7 Å². The first-order chi connectivity index (χ1) is 16.5. The Morgan fingerprint density at radius 1 is 0.735 bits per heavy atom. The first-order valence-electron chi connectivity index (χ1n) is 13.9. The van der Waals surface area contributed by atoms with Gasteiger partial charge in [-0.2, -0.15) is 0 Å². The van der Waals surface area contributed by atoms with E-state index in [1.54, 1.807) is 0 Å². The Bertz CT molecular complexity index is 1090. The summed E-state index contributed by atoms with van der Waals surface area (Å²) in [6.45, 7) is 2.47. The molecule has 7 rings (SSSR count). The Balaban J connectivity index is 1.10. The second-order valence-corrected chi connectivity index (χ2v) is 12.8. The lowest BCUT2D eigenvalue weighted by molar-refractivity contribution is -0.0764. The number of ketones is 1. The van der Waals surface area contributed by atoms with Crippen LogP contribution in [0.3, 0.4) is 0 Å². The third-order valence-corrected chi connectivity index (χ3v) is 11.5. The van der Waals surface area contributed by atoms with Crippen molar-refractivity contribution in [1.82, 2.24) is 0 Å². The minimum Gasteiger partial charge on any atom is -0.390 e. The summed E-state index contributed by atoms with van der Waals surface area (Å²) in [6, 6.07) is 18.8. The fraction of sp³-hybridized carbons (Fsp3) is 0.594. The van der Waals surface area contributed by atoms with E-state index in [0.29, 0.717) is 17.6 Å². The van der Waals surface area contributed by atoms with Crippen LogP contribution in [0.15, 0.2) is 54.6 Å². The SMILES string of the molecule is C[C@]12CC[C@@H]3[C@H]4CC[C@]5(O)CC5[C@H]4CC[C@H]3[C@@H]1CC[C@@H]2C(=O)c1ccc(-c2ccccc2)cc1. The highest BCUT2D eigenvalue weighted by atomic mass is 16.3. The Labute approximate surface area is 204 Å². The Morgan fingerprint density at radius 2 is 1.38 bits per heavy atom. The van der Waals surface area contributed by atoms with Crippen LogP contribution < -0.4 is 0 Å². The van der Waals surface area contributed by atoms with E-state index in [-0.39, 0.29) is 16.9 Å². The molecule has 2 nitrogen and oxygen atoms in total. The summed E-state index contributed by atoms with van der Waals surface area (Å²) in [5.41, 5.74) is 3.17. The number of hydrogen-bond acceptors (Lipinski definition) is 2. The van der Waals surface area contributed by atoms with Crippen molar-refractivity contribution in [3.8, 4) is 11.1 Å². The molecule has 5 aliphatic carbocycles.